The highest BCUT2D eigenvalue weighted by Gasteiger charge is 2.06. The Morgan fingerprint density at radius 1 is 1.22 bits per heavy atom. The molecule has 4 nitrogen and oxygen atoms in total. The van der Waals surface area contributed by atoms with Gasteiger partial charge in [0.2, 0.25) is 0 Å². The predicted molar refractivity (Wildman–Crippen MR) is 71.4 cm³/mol. The Morgan fingerprint density at radius 2 is 2.11 bits per heavy atom. The molecule has 2 aromatic rings. The van der Waals surface area contributed by atoms with Gasteiger partial charge in [-0.05, 0) is 18.2 Å². The number of aliphatic hydroxyl groups is 1. The molecule has 2 aromatic heterocycles. The number of anilines is 1. The van der Waals surface area contributed by atoms with Crippen molar-refractivity contribution in [2.45, 2.75) is 13.0 Å². The Kier molecular flexibility index (Phi) is 4.25. The van der Waals surface area contributed by atoms with Crippen LogP contribution in [0.2, 0.25) is 0 Å². The number of hydrogen-bond donors (Lipinski definition) is 1. The Labute approximate surface area is 107 Å². The quantitative estimate of drug-likeness (QED) is 0.867. The van der Waals surface area contributed by atoms with Crippen LogP contribution in [0.4, 0.5) is 5.69 Å². The third-order valence-electron chi connectivity index (χ3n) is 2.90. The lowest BCUT2D eigenvalue weighted by molar-refractivity contribution is 0.282. The van der Waals surface area contributed by atoms with Crippen molar-refractivity contribution in [1.82, 2.24) is 9.97 Å². The monoisotopic (exact) mass is 243 g/mol. The van der Waals surface area contributed by atoms with Crippen LogP contribution in [-0.2, 0) is 13.0 Å². The number of aliphatic hydroxyl groups excluding tert-OH is 1. The summed E-state index contributed by atoms with van der Waals surface area (Å²) in [6.07, 6.45) is 6.15. The van der Waals surface area contributed by atoms with Gasteiger partial charge in [-0.25, -0.2) is 0 Å². The summed E-state index contributed by atoms with van der Waals surface area (Å²) in [4.78, 5) is 10.5. The van der Waals surface area contributed by atoms with Gasteiger partial charge in [0, 0.05) is 43.7 Å². The average molecular weight is 243 g/mol. The first-order chi connectivity index (χ1) is 8.81. The fourth-order valence-corrected chi connectivity index (χ4v) is 1.84. The van der Waals surface area contributed by atoms with E-state index in [1.807, 2.05) is 31.3 Å². The molecule has 0 saturated carbocycles. The summed E-state index contributed by atoms with van der Waals surface area (Å²) in [6, 6.07) is 7.76. The van der Waals surface area contributed by atoms with E-state index < -0.39 is 0 Å². The number of hydrogen-bond acceptors (Lipinski definition) is 4. The first-order valence-corrected chi connectivity index (χ1v) is 5.96. The standard InChI is InChI=1S/C14H17N3O/c1-17(9-6-13-4-2-3-7-16-13)14-10-15-8-5-12(14)11-18/h2-5,7-8,10,18H,6,9,11H2,1H3. The maximum atomic E-state index is 9.29. The maximum Gasteiger partial charge on any atom is 0.0703 e. The molecule has 0 amide bonds. The lowest BCUT2D eigenvalue weighted by atomic mass is 10.2. The van der Waals surface area contributed by atoms with Crippen LogP contribution in [0.1, 0.15) is 11.3 Å². The average Bonchev–Trinajstić information content (AvgIpc) is 2.45. The van der Waals surface area contributed by atoms with E-state index >= 15 is 0 Å². The zero-order chi connectivity index (χ0) is 12.8. The van der Waals surface area contributed by atoms with Crippen molar-refractivity contribution in [2.24, 2.45) is 0 Å². The van der Waals surface area contributed by atoms with E-state index in [4.69, 9.17) is 0 Å². The highest BCUT2D eigenvalue weighted by molar-refractivity contribution is 5.50. The smallest absolute Gasteiger partial charge is 0.0703 e. The number of pyridine rings is 2. The lowest BCUT2D eigenvalue weighted by Crippen LogP contribution is -2.22. The van der Waals surface area contributed by atoms with Gasteiger partial charge in [0.05, 0.1) is 18.5 Å². The number of rotatable bonds is 5. The molecule has 0 spiro atoms. The fraction of sp³-hybridized carbons (Fsp3) is 0.286. The normalized spacial score (nSPS) is 10.3. The summed E-state index contributed by atoms with van der Waals surface area (Å²) >= 11 is 0. The third-order valence-corrected chi connectivity index (χ3v) is 2.90. The van der Waals surface area contributed by atoms with Gasteiger partial charge in [0.1, 0.15) is 0 Å². The molecule has 0 aliphatic heterocycles. The minimum Gasteiger partial charge on any atom is -0.392 e. The molecule has 1 N–H and O–H groups in total. The van der Waals surface area contributed by atoms with Gasteiger partial charge in [-0.15, -0.1) is 0 Å². The molecule has 0 fully saturated rings. The van der Waals surface area contributed by atoms with E-state index in [1.165, 1.54) is 0 Å². The molecule has 0 aliphatic carbocycles. The first kappa shape index (κ1) is 12.5. The van der Waals surface area contributed by atoms with Crippen molar-refractivity contribution in [2.75, 3.05) is 18.5 Å². The molecular weight excluding hydrogens is 226 g/mol. The van der Waals surface area contributed by atoms with E-state index in [9.17, 15) is 5.11 Å². The Bertz CT molecular complexity index is 487. The number of nitrogens with zero attached hydrogens (tertiary/aromatic N) is 3. The largest absolute Gasteiger partial charge is 0.392 e. The molecule has 0 saturated heterocycles. The first-order valence-electron chi connectivity index (χ1n) is 5.96. The van der Waals surface area contributed by atoms with Gasteiger partial charge in [0.15, 0.2) is 0 Å². The summed E-state index contributed by atoms with van der Waals surface area (Å²) in [7, 11) is 2.00. The van der Waals surface area contributed by atoms with Gasteiger partial charge in [0.25, 0.3) is 0 Å². The number of aromatic nitrogens is 2. The fourth-order valence-electron chi connectivity index (χ4n) is 1.84. The topological polar surface area (TPSA) is 49.2 Å². The highest BCUT2D eigenvalue weighted by atomic mass is 16.3. The van der Waals surface area contributed by atoms with Gasteiger partial charge < -0.3 is 10.0 Å². The highest BCUT2D eigenvalue weighted by Crippen LogP contribution is 2.17. The summed E-state index contributed by atoms with van der Waals surface area (Å²) in [5.74, 6) is 0. The van der Waals surface area contributed by atoms with Crippen LogP contribution >= 0.6 is 0 Å². The van der Waals surface area contributed by atoms with Crippen LogP contribution in [0.25, 0.3) is 0 Å². The van der Waals surface area contributed by atoms with Crippen LogP contribution in [0.3, 0.4) is 0 Å². The second-order valence-electron chi connectivity index (χ2n) is 4.16. The van der Waals surface area contributed by atoms with Crippen molar-refractivity contribution in [3.05, 3.63) is 54.1 Å². The van der Waals surface area contributed by atoms with Gasteiger partial charge >= 0.3 is 0 Å². The van der Waals surface area contributed by atoms with Crippen molar-refractivity contribution >= 4 is 5.69 Å². The minimum atomic E-state index is 0.0335. The molecule has 18 heavy (non-hydrogen) atoms. The van der Waals surface area contributed by atoms with E-state index in [1.54, 1.807) is 18.6 Å². The van der Waals surface area contributed by atoms with E-state index in [2.05, 4.69) is 14.9 Å². The molecule has 4 heteroatoms. The van der Waals surface area contributed by atoms with Crippen LogP contribution in [0, 0.1) is 0 Å². The van der Waals surface area contributed by atoms with Gasteiger partial charge in [-0.3, -0.25) is 9.97 Å². The Hall–Kier alpha value is -1.94. The molecule has 94 valence electrons. The summed E-state index contributed by atoms with van der Waals surface area (Å²) < 4.78 is 0. The lowest BCUT2D eigenvalue weighted by Gasteiger charge is -2.21. The van der Waals surface area contributed by atoms with Crippen molar-refractivity contribution < 1.29 is 5.11 Å². The van der Waals surface area contributed by atoms with Crippen LogP contribution in [0.5, 0.6) is 0 Å². The second-order valence-corrected chi connectivity index (χ2v) is 4.16. The molecule has 2 heterocycles. The van der Waals surface area contributed by atoms with Crippen LogP contribution < -0.4 is 4.90 Å². The Balaban J connectivity index is 2.01. The molecule has 0 radical (unpaired) electrons. The number of likely N-dealkylation sites (N-methyl/N-ethyl adjacent to an activating group) is 1. The van der Waals surface area contributed by atoms with E-state index in [0.717, 1.165) is 29.9 Å². The molecule has 0 unspecified atom stereocenters. The molecule has 0 atom stereocenters. The Morgan fingerprint density at radius 3 is 2.83 bits per heavy atom. The third kappa shape index (κ3) is 3.05. The van der Waals surface area contributed by atoms with Crippen molar-refractivity contribution in [3.63, 3.8) is 0 Å². The SMILES string of the molecule is CN(CCc1ccccn1)c1cnccc1CO. The van der Waals surface area contributed by atoms with Crippen molar-refractivity contribution in [3.8, 4) is 0 Å². The van der Waals surface area contributed by atoms with E-state index in [-0.39, 0.29) is 6.61 Å². The summed E-state index contributed by atoms with van der Waals surface area (Å²) in [5, 5.41) is 9.29. The van der Waals surface area contributed by atoms with Crippen LogP contribution in [-0.4, -0.2) is 28.7 Å². The van der Waals surface area contributed by atoms with Gasteiger partial charge in [-0.2, -0.15) is 0 Å². The van der Waals surface area contributed by atoms with E-state index in [0.29, 0.717) is 0 Å². The maximum absolute atomic E-state index is 9.29. The molecule has 2 rings (SSSR count). The molecule has 0 bridgehead atoms. The summed E-state index contributed by atoms with van der Waals surface area (Å²) in [5.41, 5.74) is 2.93. The van der Waals surface area contributed by atoms with Gasteiger partial charge in [-0.1, -0.05) is 6.07 Å². The molecule has 0 aromatic carbocycles. The van der Waals surface area contributed by atoms with Crippen molar-refractivity contribution in [1.29, 1.82) is 0 Å². The second kappa shape index (κ2) is 6.12. The summed E-state index contributed by atoms with van der Waals surface area (Å²) in [6.45, 7) is 0.876. The zero-order valence-corrected chi connectivity index (χ0v) is 10.5. The molecule has 0 aliphatic rings. The van der Waals surface area contributed by atoms with Crippen LogP contribution in [0.15, 0.2) is 42.9 Å². The zero-order valence-electron chi connectivity index (χ0n) is 10.5. The minimum absolute atomic E-state index is 0.0335. The predicted octanol–water partition coefficient (Wildman–Crippen LogP) is 1.65. The molecular formula is C14H17N3O.